The summed E-state index contributed by atoms with van der Waals surface area (Å²) in [6.07, 6.45) is 8.97. The van der Waals surface area contributed by atoms with E-state index in [1.54, 1.807) is 12.1 Å². The summed E-state index contributed by atoms with van der Waals surface area (Å²) in [5.74, 6) is -0.856. The summed E-state index contributed by atoms with van der Waals surface area (Å²) in [6, 6.07) is 12.8. The van der Waals surface area contributed by atoms with E-state index in [-0.39, 0.29) is 30.5 Å². The van der Waals surface area contributed by atoms with Crippen LogP contribution in [-0.4, -0.2) is 100 Å². The van der Waals surface area contributed by atoms with Crippen LogP contribution in [0.3, 0.4) is 0 Å². The third-order valence-corrected chi connectivity index (χ3v) is 12.0. The Kier molecular flexibility index (Phi) is 10.2. The average molecular weight is 749 g/mol. The Labute approximate surface area is 319 Å². The van der Waals surface area contributed by atoms with Gasteiger partial charge < -0.3 is 31.9 Å². The van der Waals surface area contributed by atoms with E-state index in [2.05, 4.69) is 47.9 Å². The molecule has 5 heterocycles. The molecule has 15 heteroatoms. The quantitative estimate of drug-likeness (QED) is 0.190. The lowest BCUT2D eigenvalue weighted by atomic mass is 9.89. The molecule has 288 valence electrons. The molecule has 1 aliphatic carbocycles. The second kappa shape index (κ2) is 15.4. The fourth-order valence-corrected chi connectivity index (χ4v) is 8.89. The lowest BCUT2D eigenvalue weighted by molar-refractivity contribution is -0.136. The number of nitrogens with one attached hydrogen (secondary N) is 3. The number of nitrogens with two attached hydrogens (primary N) is 2. The van der Waals surface area contributed by atoms with Crippen LogP contribution in [0.1, 0.15) is 100 Å². The van der Waals surface area contributed by atoms with E-state index < -0.39 is 35.6 Å². The molecule has 2 unspecified atom stereocenters. The van der Waals surface area contributed by atoms with Crippen LogP contribution in [0.25, 0.3) is 0 Å². The number of carbonyl (C=O) groups is 5. The van der Waals surface area contributed by atoms with Crippen molar-refractivity contribution >= 4 is 52.7 Å². The van der Waals surface area contributed by atoms with Crippen LogP contribution >= 0.6 is 0 Å². The van der Waals surface area contributed by atoms with Gasteiger partial charge in [0.2, 0.25) is 17.8 Å². The van der Waals surface area contributed by atoms with Crippen molar-refractivity contribution in [3.8, 4) is 0 Å². The predicted molar refractivity (Wildman–Crippen MR) is 206 cm³/mol. The highest BCUT2D eigenvalue weighted by Crippen LogP contribution is 2.34. The number of fused-ring (bicyclic) bond motifs is 1. The van der Waals surface area contributed by atoms with Gasteiger partial charge in [-0.2, -0.15) is 4.98 Å². The van der Waals surface area contributed by atoms with Crippen LogP contribution in [0.2, 0.25) is 0 Å². The summed E-state index contributed by atoms with van der Waals surface area (Å²) in [5.41, 5.74) is 15.8. The lowest BCUT2D eigenvalue weighted by Crippen LogP contribution is -2.54. The minimum atomic E-state index is -0.971. The molecular formula is C40H48N10O5. The largest absolute Gasteiger partial charge is 0.371 e. The fourth-order valence-electron chi connectivity index (χ4n) is 8.89. The molecule has 4 atom stereocenters. The van der Waals surface area contributed by atoms with Gasteiger partial charge in [0.1, 0.15) is 17.4 Å². The average Bonchev–Trinajstić information content (AvgIpc) is 3.74. The number of nitrogens with zero attached hydrogens (tertiary/aromatic N) is 5. The normalized spacial score (nSPS) is 24.9. The van der Waals surface area contributed by atoms with Gasteiger partial charge in [-0.3, -0.25) is 34.2 Å². The Morgan fingerprint density at radius 1 is 0.891 bits per heavy atom. The van der Waals surface area contributed by atoms with Gasteiger partial charge in [-0.15, -0.1) is 0 Å². The van der Waals surface area contributed by atoms with E-state index in [1.165, 1.54) is 11.8 Å². The van der Waals surface area contributed by atoms with Crippen molar-refractivity contribution in [2.75, 3.05) is 48.3 Å². The number of amides is 5. The molecule has 0 radical (unpaired) electrons. The second-order valence-electron chi connectivity index (χ2n) is 15.6. The van der Waals surface area contributed by atoms with E-state index in [9.17, 15) is 24.0 Å². The first-order valence-electron chi connectivity index (χ1n) is 19.5. The minimum Gasteiger partial charge on any atom is -0.371 e. The Morgan fingerprint density at radius 2 is 1.65 bits per heavy atom. The number of rotatable bonds is 10. The third kappa shape index (κ3) is 7.63. The zero-order chi connectivity index (χ0) is 38.2. The first kappa shape index (κ1) is 36.6. The number of carbonyl (C=O) groups excluding carboxylic acids is 5. The minimum absolute atomic E-state index is 0.0336. The maximum absolute atomic E-state index is 13.3. The predicted octanol–water partition coefficient (Wildman–Crippen LogP) is 3.11. The van der Waals surface area contributed by atoms with Crippen LogP contribution < -0.4 is 32.3 Å². The Balaban J connectivity index is 0.829. The molecule has 0 bridgehead atoms. The molecule has 3 saturated heterocycles. The summed E-state index contributed by atoms with van der Waals surface area (Å²) in [6.45, 7) is 4.75. The summed E-state index contributed by atoms with van der Waals surface area (Å²) in [4.78, 5) is 77.5. The van der Waals surface area contributed by atoms with Gasteiger partial charge in [0.15, 0.2) is 0 Å². The van der Waals surface area contributed by atoms with E-state index in [1.807, 2.05) is 18.2 Å². The van der Waals surface area contributed by atoms with E-state index in [0.29, 0.717) is 34.7 Å². The van der Waals surface area contributed by atoms with E-state index in [4.69, 9.17) is 11.5 Å². The second-order valence-corrected chi connectivity index (χ2v) is 15.6. The van der Waals surface area contributed by atoms with Crippen LogP contribution in [-0.2, 0) is 9.59 Å². The molecule has 8 rings (SSSR count). The highest BCUT2D eigenvalue weighted by Gasteiger charge is 2.45. The number of hydrogen-bond acceptors (Lipinski definition) is 12. The van der Waals surface area contributed by atoms with Gasteiger partial charge in [-0.05, 0) is 99.3 Å². The van der Waals surface area contributed by atoms with Gasteiger partial charge in [-0.25, -0.2) is 4.98 Å². The van der Waals surface area contributed by atoms with Gasteiger partial charge in [-0.1, -0.05) is 25.0 Å². The molecule has 5 amide bonds. The molecule has 1 aromatic heterocycles. The van der Waals surface area contributed by atoms with Gasteiger partial charge in [0.05, 0.1) is 11.1 Å². The first-order chi connectivity index (χ1) is 26.6. The standard InChI is InChI=1S/C40H48N10O5/c41-31-3-1-2-4-32(31)45-40-43-20-30(35(42)52)36(47-40)44-26-7-5-24(6-8-26)25-14-16-48(17-15-25)21-23-13-18-49(22-23)27-9-10-28-29(19-27)39(55)50(38(28)54)33-11-12-34(51)46-37(33)53/h5-10,19-20,23,25,31-33H,1-4,11-18,21-22,41H2,(H2,42,52)(H,46,51,53)(H2,43,44,45,47)/t23?,31-,32+,33?/m1/s1. The number of benzene rings is 2. The van der Waals surface area contributed by atoms with Crippen molar-refractivity contribution in [2.24, 2.45) is 17.4 Å². The maximum Gasteiger partial charge on any atom is 0.262 e. The molecule has 55 heavy (non-hydrogen) atoms. The van der Waals surface area contributed by atoms with Crippen LogP contribution in [0.15, 0.2) is 48.7 Å². The molecule has 2 aromatic carbocycles. The zero-order valence-corrected chi connectivity index (χ0v) is 30.8. The zero-order valence-electron chi connectivity index (χ0n) is 30.8. The molecule has 15 nitrogen and oxygen atoms in total. The highest BCUT2D eigenvalue weighted by molar-refractivity contribution is 6.23. The van der Waals surface area contributed by atoms with Crippen LogP contribution in [0.5, 0.6) is 0 Å². The number of aromatic nitrogens is 2. The van der Waals surface area contributed by atoms with Crippen LogP contribution in [0.4, 0.5) is 23.1 Å². The summed E-state index contributed by atoms with van der Waals surface area (Å²) in [5, 5.41) is 8.87. The smallest absolute Gasteiger partial charge is 0.262 e. The SMILES string of the molecule is NC(=O)c1cnc(N[C@H]2CCCC[C@H]2N)nc1Nc1ccc(C2CCN(CC3CCN(c4ccc5c(c4)C(=O)N(C4CCC(=O)NC4=O)C5=O)C3)CC2)cc1. The molecule has 1 saturated carbocycles. The molecule has 5 aliphatic rings. The number of piperidine rings is 2. The molecular weight excluding hydrogens is 701 g/mol. The third-order valence-electron chi connectivity index (χ3n) is 12.0. The number of likely N-dealkylation sites (tertiary alicyclic amines) is 1. The maximum atomic E-state index is 13.3. The Hall–Kier alpha value is -5.41. The van der Waals surface area contributed by atoms with Crippen molar-refractivity contribution in [1.29, 1.82) is 0 Å². The Bertz CT molecular complexity index is 2000. The number of primary amides is 1. The molecule has 0 spiro atoms. The number of anilines is 4. The van der Waals surface area contributed by atoms with E-state index in [0.717, 1.165) is 93.9 Å². The van der Waals surface area contributed by atoms with Crippen molar-refractivity contribution < 1.29 is 24.0 Å². The van der Waals surface area contributed by atoms with Crippen molar-refractivity contribution in [2.45, 2.75) is 81.8 Å². The molecule has 3 aromatic rings. The van der Waals surface area contributed by atoms with Crippen LogP contribution in [0, 0.1) is 5.92 Å². The van der Waals surface area contributed by atoms with Gasteiger partial charge >= 0.3 is 0 Å². The molecule has 4 aliphatic heterocycles. The summed E-state index contributed by atoms with van der Waals surface area (Å²) in [7, 11) is 0. The molecule has 4 fully saturated rings. The Morgan fingerprint density at radius 3 is 2.40 bits per heavy atom. The lowest BCUT2D eigenvalue weighted by Gasteiger charge is -2.34. The van der Waals surface area contributed by atoms with Crippen molar-refractivity contribution in [3.05, 3.63) is 70.9 Å². The van der Waals surface area contributed by atoms with Gasteiger partial charge in [0, 0.05) is 55.7 Å². The van der Waals surface area contributed by atoms with Gasteiger partial charge in [0.25, 0.3) is 17.7 Å². The van der Waals surface area contributed by atoms with E-state index >= 15 is 0 Å². The topological polar surface area (TPSA) is 209 Å². The fraction of sp³-hybridized carbons (Fsp3) is 0.475. The number of hydrogen-bond donors (Lipinski definition) is 5. The monoisotopic (exact) mass is 748 g/mol. The molecule has 7 N–H and O–H groups in total. The van der Waals surface area contributed by atoms with Crippen molar-refractivity contribution in [1.82, 2.24) is 25.1 Å². The first-order valence-corrected chi connectivity index (χ1v) is 19.5. The highest BCUT2D eigenvalue weighted by atomic mass is 16.2. The summed E-state index contributed by atoms with van der Waals surface area (Å²) < 4.78 is 0. The number of imide groups is 2. The van der Waals surface area contributed by atoms with Crippen molar-refractivity contribution in [3.63, 3.8) is 0 Å². The summed E-state index contributed by atoms with van der Waals surface area (Å²) >= 11 is 0.